The highest BCUT2D eigenvalue weighted by Gasteiger charge is 2.16. The number of sulfonamides is 1. The molecule has 0 saturated heterocycles. The summed E-state index contributed by atoms with van der Waals surface area (Å²) < 4.78 is 27.0. The van der Waals surface area contributed by atoms with Crippen molar-refractivity contribution in [1.82, 2.24) is 4.98 Å². The van der Waals surface area contributed by atoms with E-state index >= 15 is 0 Å². The Labute approximate surface area is 127 Å². The summed E-state index contributed by atoms with van der Waals surface area (Å²) in [6, 6.07) is 4.95. The van der Waals surface area contributed by atoms with Crippen molar-refractivity contribution in [2.45, 2.75) is 18.7 Å². The van der Waals surface area contributed by atoms with Gasteiger partial charge in [0.1, 0.15) is 6.61 Å². The summed E-state index contributed by atoms with van der Waals surface area (Å²) in [4.78, 5) is 4.75. The summed E-state index contributed by atoms with van der Waals surface area (Å²) in [6.45, 7) is 3.54. The van der Waals surface area contributed by atoms with E-state index in [0.29, 0.717) is 4.88 Å². The van der Waals surface area contributed by atoms with Crippen LogP contribution in [0.25, 0.3) is 0 Å². The average Bonchev–Trinajstić information content (AvgIpc) is 2.86. The van der Waals surface area contributed by atoms with Gasteiger partial charge in [0.25, 0.3) is 10.0 Å². The number of hydrogen-bond acceptors (Lipinski definition) is 5. The first-order chi connectivity index (χ1) is 9.92. The van der Waals surface area contributed by atoms with Crippen molar-refractivity contribution in [2.24, 2.45) is 0 Å². The van der Waals surface area contributed by atoms with Gasteiger partial charge in [0.05, 0.1) is 16.0 Å². The minimum Gasteiger partial charge on any atom is -0.384 e. The van der Waals surface area contributed by atoms with Crippen molar-refractivity contribution in [3.05, 3.63) is 40.4 Å². The quantitative estimate of drug-likeness (QED) is 0.846. The normalized spacial score (nSPS) is 10.8. The molecular weight excluding hydrogens is 308 g/mol. The fourth-order valence-electron chi connectivity index (χ4n) is 1.56. The zero-order valence-corrected chi connectivity index (χ0v) is 13.2. The lowest BCUT2D eigenvalue weighted by Gasteiger charge is -2.07. The number of aromatic nitrogens is 1. The van der Waals surface area contributed by atoms with Crippen LogP contribution in [0.4, 0.5) is 5.13 Å². The first kappa shape index (κ1) is 15.5. The number of nitrogens with one attached hydrogen (secondary N) is 1. The van der Waals surface area contributed by atoms with Crippen LogP contribution in [0.1, 0.15) is 16.0 Å². The molecule has 0 spiro atoms. The molecule has 1 aromatic carbocycles. The van der Waals surface area contributed by atoms with E-state index in [1.54, 1.807) is 18.2 Å². The number of aliphatic hydroxyl groups is 1. The fourth-order valence-corrected chi connectivity index (χ4v) is 3.58. The van der Waals surface area contributed by atoms with Crippen LogP contribution >= 0.6 is 11.3 Å². The van der Waals surface area contributed by atoms with Crippen LogP contribution in [-0.4, -0.2) is 25.1 Å². The number of rotatable bonds is 3. The van der Waals surface area contributed by atoms with Crippen LogP contribution in [0.2, 0.25) is 0 Å². The molecule has 0 saturated carbocycles. The molecule has 2 aromatic rings. The molecule has 0 fully saturated rings. The highest BCUT2D eigenvalue weighted by Crippen LogP contribution is 2.22. The fraction of sp³-hybridized carbons (Fsp3) is 0.214. The molecule has 0 radical (unpaired) electrons. The standard InChI is InChI=1S/C14H14N2O3S2/c1-10-5-6-13(8-11(10)2)21(18,19)16-14-15-9-12(20-14)4-3-7-17/h5-6,8-9,17H,7H2,1-2H3,(H,15,16). The number of hydrogen-bond donors (Lipinski definition) is 2. The summed E-state index contributed by atoms with van der Waals surface area (Å²) in [7, 11) is -3.66. The van der Waals surface area contributed by atoms with E-state index < -0.39 is 10.0 Å². The topological polar surface area (TPSA) is 79.3 Å². The van der Waals surface area contributed by atoms with E-state index in [4.69, 9.17) is 5.11 Å². The monoisotopic (exact) mass is 322 g/mol. The molecule has 2 rings (SSSR count). The van der Waals surface area contributed by atoms with Crippen LogP contribution in [-0.2, 0) is 10.0 Å². The minimum atomic E-state index is -3.66. The second kappa shape index (κ2) is 6.26. The van der Waals surface area contributed by atoms with Gasteiger partial charge in [0, 0.05) is 0 Å². The van der Waals surface area contributed by atoms with Gasteiger partial charge in [0.15, 0.2) is 5.13 Å². The third-order valence-electron chi connectivity index (χ3n) is 2.81. The van der Waals surface area contributed by atoms with Gasteiger partial charge >= 0.3 is 0 Å². The highest BCUT2D eigenvalue weighted by molar-refractivity contribution is 7.93. The molecule has 0 bridgehead atoms. The van der Waals surface area contributed by atoms with Crippen molar-refractivity contribution in [3.63, 3.8) is 0 Å². The van der Waals surface area contributed by atoms with E-state index in [-0.39, 0.29) is 16.6 Å². The molecule has 0 atom stereocenters. The summed E-state index contributed by atoms with van der Waals surface area (Å²) >= 11 is 1.12. The van der Waals surface area contributed by atoms with Crippen LogP contribution in [0, 0.1) is 25.7 Å². The zero-order valence-electron chi connectivity index (χ0n) is 11.5. The van der Waals surface area contributed by atoms with Crippen LogP contribution < -0.4 is 4.72 Å². The van der Waals surface area contributed by atoms with E-state index in [0.717, 1.165) is 22.5 Å². The number of anilines is 1. The van der Waals surface area contributed by atoms with Gasteiger partial charge in [-0.05, 0) is 37.1 Å². The summed E-state index contributed by atoms with van der Waals surface area (Å²) in [6.07, 6.45) is 1.46. The highest BCUT2D eigenvalue weighted by atomic mass is 32.2. The van der Waals surface area contributed by atoms with Gasteiger partial charge in [-0.1, -0.05) is 29.2 Å². The lowest BCUT2D eigenvalue weighted by Crippen LogP contribution is -2.13. The SMILES string of the molecule is Cc1ccc(S(=O)(=O)Nc2ncc(C#CCO)s2)cc1C. The Morgan fingerprint density at radius 1 is 1.33 bits per heavy atom. The van der Waals surface area contributed by atoms with Crippen molar-refractivity contribution in [1.29, 1.82) is 0 Å². The Morgan fingerprint density at radius 3 is 2.76 bits per heavy atom. The Hall–Kier alpha value is -1.88. The van der Waals surface area contributed by atoms with Gasteiger partial charge in [-0.3, -0.25) is 4.72 Å². The predicted molar refractivity (Wildman–Crippen MR) is 82.8 cm³/mol. The molecule has 0 unspecified atom stereocenters. The van der Waals surface area contributed by atoms with Crippen LogP contribution in [0.3, 0.4) is 0 Å². The first-order valence-corrected chi connectivity index (χ1v) is 8.38. The molecule has 21 heavy (non-hydrogen) atoms. The Kier molecular flexibility index (Phi) is 4.63. The maximum Gasteiger partial charge on any atom is 0.263 e. The molecule has 1 aromatic heterocycles. The van der Waals surface area contributed by atoms with E-state index in [9.17, 15) is 8.42 Å². The summed E-state index contributed by atoms with van der Waals surface area (Å²) in [5.41, 5.74) is 1.94. The maximum atomic E-state index is 12.3. The number of benzene rings is 1. The second-order valence-corrected chi connectivity index (χ2v) is 7.05. The number of thiazole rings is 1. The van der Waals surface area contributed by atoms with Gasteiger partial charge in [-0.2, -0.15) is 0 Å². The molecule has 0 aliphatic carbocycles. The first-order valence-electron chi connectivity index (χ1n) is 6.08. The van der Waals surface area contributed by atoms with E-state index in [1.807, 2.05) is 13.8 Å². The van der Waals surface area contributed by atoms with Crippen LogP contribution in [0.5, 0.6) is 0 Å². The Morgan fingerprint density at radius 2 is 2.10 bits per heavy atom. The molecule has 0 amide bonds. The van der Waals surface area contributed by atoms with Crippen molar-refractivity contribution < 1.29 is 13.5 Å². The Balaban J connectivity index is 2.24. The number of aliphatic hydroxyl groups excluding tert-OH is 1. The molecule has 0 aliphatic rings. The second-order valence-electron chi connectivity index (χ2n) is 4.34. The molecule has 110 valence electrons. The molecule has 2 N–H and O–H groups in total. The van der Waals surface area contributed by atoms with Crippen molar-refractivity contribution in [3.8, 4) is 11.8 Å². The third kappa shape index (κ3) is 3.82. The number of nitrogens with zero attached hydrogens (tertiary/aromatic N) is 1. The van der Waals surface area contributed by atoms with E-state index in [2.05, 4.69) is 21.5 Å². The number of aryl methyl sites for hydroxylation is 2. The van der Waals surface area contributed by atoms with Gasteiger partial charge < -0.3 is 5.11 Å². The largest absolute Gasteiger partial charge is 0.384 e. The molecule has 0 aliphatic heterocycles. The molecular formula is C14H14N2O3S2. The van der Waals surface area contributed by atoms with Crippen LogP contribution in [0.15, 0.2) is 29.3 Å². The minimum absolute atomic E-state index is 0.198. The average molecular weight is 322 g/mol. The summed E-state index contributed by atoms with van der Waals surface area (Å²) in [5.74, 6) is 5.16. The molecule has 1 heterocycles. The van der Waals surface area contributed by atoms with Gasteiger partial charge in [-0.25, -0.2) is 13.4 Å². The smallest absolute Gasteiger partial charge is 0.263 e. The molecule has 5 nitrogen and oxygen atoms in total. The third-order valence-corrected chi connectivity index (χ3v) is 5.10. The predicted octanol–water partition coefficient (Wildman–Crippen LogP) is 1.90. The Bertz CT molecular complexity index is 814. The van der Waals surface area contributed by atoms with Gasteiger partial charge in [0.2, 0.25) is 0 Å². The lowest BCUT2D eigenvalue weighted by atomic mass is 10.1. The van der Waals surface area contributed by atoms with Crippen molar-refractivity contribution in [2.75, 3.05) is 11.3 Å². The van der Waals surface area contributed by atoms with Crippen molar-refractivity contribution >= 4 is 26.5 Å². The maximum absolute atomic E-state index is 12.3. The lowest BCUT2D eigenvalue weighted by molar-refractivity contribution is 0.350. The summed E-state index contributed by atoms with van der Waals surface area (Å²) in [5, 5.41) is 8.86. The van der Waals surface area contributed by atoms with Gasteiger partial charge in [-0.15, -0.1) is 0 Å². The molecule has 7 heteroatoms. The van der Waals surface area contributed by atoms with E-state index in [1.165, 1.54) is 6.20 Å². The zero-order chi connectivity index (χ0) is 15.5.